The van der Waals surface area contributed by atoms with E-state index in [4.69, 9.17) is 18.9 Å². The Balaban J connectivity index is 1.46. The number of fused-ring (bicyclic) bond motifs is 5. The minimum atomic E-state index is -0.434. The molecule has 12 heteroatoms. The van der Waals surface area contributed by atoms with E-state index in [1.807, 2.05) is 47.4 Å². The van der Waals surface area contributed by atoms with E-state index in [9.17, 15) is 14.4 Å². The van der Waals surface area contributed by atoms with Crippen LogP contribution < -0.4 is 19.7 Å². The van der Waals surface area contributed by atoms with Crippen molar-refractivity contribution in [3.05, 3.63) is 77.5 Å². The first-order valence-electron chi connectivity index (χ1n) is 15.3. The molecule has 2 aliphatic rings. The number of carbonyl (C=O) groups excluding carboxylic acids is 3. The molecule has 244 valence electrons. The zero-order valence-corrected chi connectivity index (χ0v) is 26.7. The maximum Gasteiger partial charge on any atom is 0.257 e. The predicted molar refractivity (Wildman–Crippen MR) is 171 cm³/mol. The Morgan fingerprint density at radius 1 is 1.04 bits per heavy atom. The molecule has 1 N–H and O–H groups in total. The molecule has 5 rings (SSSR count). The van der Waals surface area contributed by atoms with E-state index in [-0.39, 0.29) is 43.8 Å². The summed E-state index contributed by atoms with van der Waals surface area (Å²) in [7, 11) is 6.53. The first-order valence-corrected chi connectivity index (χ1v) is 15.3. The van der Waals surface area contributed by atoms with E-state index in [0.717, 1.165) is 11.1 Å². The van der Waals surface area contributed by atoms with Gasteiger partial charge < -0.3 is 39.0 Å². The van der Waals surface area contributed by atoms with Crippen molar-refractivity contribution >= 4 is 23.5 Å². The van der Waals surface area contributed by atoms with Crippen LogP contribution in [-0.2, 0) is 32.1 Å². The molecule has 2 atom stereocenters. The lowest BCUT2D eigenvalue weighted by molar-refractivity contribution is -0.137. The van der Waals surface area contributed by atoms with Gasteiger partial charge in [-0.1, -0.05) is 18.2 Å². The van der Waals surface area contributed by atoms with Crippen LogP contribution in [0.1, 0.15) is 27.9 Å². The van der Waals surface area contributed by atoms with Gasteiger partial charge in [0, 0.05) is 53.5 Å². The number of hydrogen-bond acceptors (Lipinski definition) is 9. The number of anilines is 1. The first-order chi connectivity index (χ1) is 22.2. The average Bonchev–Trinajstić information content (AvgIpc) is 3.46. The number of amides is 3. The summed E-state index contributed by atoms with van der Waals surface area (Å²) in [4.78, 5) is 49.3. The van der Waals surface area contributed by atoms with Crippen LogP contribution in [0.4, 0.5) is 5.82 Å². The maximum atomic E-state index is 13.5. The lowest BCUT2D eigenvalue weighted by atomic mass is 10.1. The number of nitrogens with one attached hydrogen (secondary N) is 1. The molecule has 1 saturated heterocycles. The van der Waals surface area contributed by atoms with Crippen molar-refractivity contribution < 1.29 is 33.3 Å². The Kier molecular flexibility index (Phi) is 10.7. The molecule has 4 bridgehead atoms. The lowest BCUT2D eigenvalue weighted by Gasteiger charge is -2.25. The fourth-order valence-electron chi connectivity index (χ4n) is 5.63. The minimum absolute atomic E-state index is 0.127. The fraction of sp³-hybridized carbons (Fsp3) is 0.412. The van der Waals surface area contributed by atoms with Gasteiger partial charge in [0.15, 0.2) is 11.5 Å². The van der Waals surface area contributed by atoms with Crippen molar-refractivity contribution in [3.8, 4) is 17.2 Å². The number of nitrogens with zero attached hydrogens (tertiary/aromatic N) is 4. The second-order valence-electron chi connectivity index (χ2n) is 11.5. The zero-order chi connectivity index (χ0) is 32.6. The molecule has 3 heterocycles. The summed E-state index contributed by atoms with van der Waals surface area (Å²) in [5.74, 6) is 1.59. The van der Waals surface area contributed by atoms with Crippen LogP contribution in [0.5, 0.6) is 17.2 Å². The van der Waals surface area contributed by atoms with E-state index >= 15 is 0 Å². The van der Waals surface area contributed by atoms with Gasteiger partial charge in [-0.05, 0) is 53.9 Å². The molecule has 0 saturated carbocycles. The summed E-state index contributed by atoms with van der Waals surface area (Å²) in [5.41, 5.74) is 2.25. The van der Waals surface area contributed by atoms with E-state index < -0.39 is 12.1 Å². The summed E-state index contributed by atoms with van der Waals surface area (Å²) in [6, 6.07) is 16.2. The third kappa shape index (κ3) is 7.93. The van der Waals surface area contributed by atoms with Gasteiger partial charge in [0.05, 0.1) is 44.6 Å². The second-order valence-corrected chi connectivity index (χ2v) is 11.5. The number of methoxy groups -OCH3 is 2. The molecule has 46 heavy (non-hydrogen) atoms. The summed E-state index contributed by atoms with van der Waals surface area (Å²) in [5, 5.41) is 3.10. The molecule has 0 radical (unpaired) electrons. The highest BCUT2D eigenvalue weighted by Gasteiger charge is 2.37. The number of rotatable bonds is 6. The molecule has 12 nitrogen and oxygen atoms in total. The molecule has 0 spiro atoms. The Morgan fingerprint density at radius 3 is 2.67 bits per heavy atom. The van der Waals surface area contributed by atoms with Gasteiger partial charge in [-0.15, -0.1) is 0 Å². The van der Waals surface area contributed by atoms with Crippen molar-refractivity contribution in [2.45, 2.75) is 31.6 Å². The largest absolute Gasteiger partial charge is 0.493 e. The van der Waals surface area contributed by atoms with Gasteiger partial charge in [0.25, 0.3) is 5.91 Å². The Hall–Kier alpha value is -4.68. The number of carbonyl (C=O) groups is 3. The van der Waals surface area contributed by atoms with Crippen LogP contribution in [-0.4, -0.2) is 106 Å². The zero-order valence-electron chi connectivity index (χ0n) is 26.7. The topological polar surface area (TPSA) is 123 Å². The monoisotopic (exact) mass is 631 g/mol. The fourth-order valence-corrected chi connectivity index (χ4v) is 5.63. The summed E-state index contributed by atoms with van der Waals surface area (Å²) in [6.45, 7) is 1.45. The molecule has 2 aromatic carbocycles. The summed E-state index contributed by atoms with van der Waals surface area (Å²) < 4.78 is 23.5. The molecule has 3 aromatic rings. The molecular weight excluding hydrogens is 590 g/mol. The number of pyridine rings is 1. The van der Waals surface area contributed by atoms with Crippen LogP contribution >= 0.6 is 0 Å². The van der Waals surface area contributed by atoms with Gasteiger partial charge in [0.1, 0.15) is 11.6 Å². The summed E-state index contributed by atoms with van der Waals surface area (Å²) in [6.07, 6.45) is 1.86. The van der Waals surface area contributed by atoms with Gasteiger partial charge >= 0.3 is 0 Å². The van der Waals surface area contributed by atoms with Crippen LogP contribution in [0.25, 0.3) is 0 Å². The number of aryl methyl sites for hydroxylation is 1. The smallest absolute Gasteiger partial charge is 0.257 e. The van der Waals surface area contributed by atoms with Crippen molar-refractivity contribution in [2.24, 2.45) is 0 Å². The van der Waals surface area contributed by atoms with Gasteiger partial charge in [-0.3, -0.25) is 14.4 Å². The van der Waals surface area contributed by atoms with Gasteiger partial charge in [0.2, 0.25) is 11.8 Å². The predicted octanol–water partition coefficient (Wildman–Crippen LogP) is 2.90. The second kappa shape index (κ2) is 15.1. The van der Waals surface area contributed by atoms with Crippen molar-refractivity contribution in [1.29, 1.82) is 0 Å². The molecule has 0 unspecified atom stereocenters. The summed E-state index contributed by atoms with van der Waals surface area (Å²) >= 11 is 0. The SMILES string of the molecule is COCCN1CC(=O)N[C@H]2CN(c3ncccc3C(=O)N(C)C)C[C@@H]2OCc2cccc(c2)Oc2cc(ccc2OC)CCC1=O. The molecule has 1 aromatic heterocycles. The van der Waals surface area contributed by atoms with Crippen molar-refractivity contribution in [3.63, 3.8) is 0 Å². The Morgan fingerprint density at radius 2 is 1.89 bits per heavy atom. The van der Waals surface area contributed by atoms with Crippen LogP contribution in [0.3, 0.4) is 0 Å². The quantitative estimate of drug-likeness (QED) is 0.438. The number of hydrogen-bond donors (Lipinski definition) is 1. The normalized spacial score (nSPS) is 19.0. The molecule has 1 fully saturated rings. The first kappa shape index (κ1) is 32.7. The maximum absolute atomic E-state index is 13.5. The molecule has 0 aliphatic carbocycles. The lowest BCUT2D eigenvalue weighted by Crippen LogP contribution is -2.49. The Bertz CT molecular complexity index is 1550. The third-order valence-corrected chi connectivity index (χ3v) is 8.03. The van der Waals surface area contributed by atoms with Crippen molar-refractivity contribution in [2.75, 3.05) is 66.0 Å². The minimum Gasteiger partial charge on any atom is -0.493 e. The van der Waals surface area contributed by atoms with Gasteiger partial charge in [-0.2, -0.15) is 0 Å². The van der Waals surface area contributed by atoms with E-state index in [2.05, 4.69) is 10.3 Å². The number of aromatic nitrogens is 1. The molecule has 3 amide bonds. The van der Waals surface area contributed by atoms with Crippen LogP contribution in [0, 0.1) is 0 Å². The third-order valence-electron chi connectivity index (χ3n) is 8.03. The average molecular weight is 632 g/mol. The number of benzene rings is 2. The van der Waals surface area contributed by atoms with Crippen LogP contribution in [0.15, 0.2) is 60.8 Å². The van der Waals surface area contributed by atoms with E-state index in [0.29, 0.717) is 54.7 Å². The molecular formula is C34H41N5O7. The van der Waals surface area contributed by atoms with Crippen LogP contribution in [0.2, 0.25) is 0 Å². The highest BCUT2D eigenvalue weighted by atomic mass is 16.5. The highest BCUT2D eigenvalue weighted by Crippen LogP contribution is 2.33. The van der Waals surface area contributed by atoms with E-state index in [1.165, 1.54) is 9.80 Å². The van der Waals surface area contributed by atoms with Crippen molar-refractivity contribution in [1.82, 2.24) is 20.1 Å². The highest BCUT2D eigenvalue weighted by molar-refractivity contribution is 5.98. The Labute approximate surface area is 269 Å². The number of ether oxygens (including phenoxy) is 4. The molecule has 2 aliphatic heterocycles. The standard InChI is InChI=1S/C34H41N5O7/c1-37(2)34(42)26-9-6-14-35-33(26)39-19-27-30(20-39)45-22-24-7-5-8-25(17-24)46-29-18-23(10-12-28(29)44-4)11-13-32(41)38(15-16-43-3)21-31(40)36-27/h5-10,12,14,17-18,27,30H,11,13,15-16,19-22H2,1-4H3,(H,36,40)/t27-,30-/m0/s1. The van der Waals surface area contributed by atoms with Gasteiger partial charge in [-0.25, -0.2) is 4.98 Å². The van der Waals surface area contributed by atoms with E-state index in [1.54, 1.807) is 46.6 Å².